The van der Waals surface area contributed by atoms with Crippen molar-refractivity contribution in [3.63, 3.8) is 0 Å². The highest BCUT2D eigenvalue weighted by atomic mass is 35.5. The van der Waals surface area contributed by atoms with Crippen molar-refractivity contribution in [2.75, 3.05) is 0 Å². The fraction of sp³-hybridized carbons (Fsp3) is 0.167. The molecule has 0 aliphatic rings. The van der Waals surface area contributed by atoms with Gasteiger partial charge in [-0.15, -0.1) is 0 Å². The van der Waals surface area contributed by atoms with E-state index in [0.717, 1.165) is 16.5 Å². The number of benzene rings is 1. The molecule has 0 bridgehead atoms. The molecule has 0 amide bonds. The fourth-order valence-corrected chi connectivity index (χ4v) is 2.00. The van der Waals surface area contributed by atoms with Crippen LogP contribution in [-0.2, 0) is 13.2 Å². The number of hydrogen-bond acceptors (Lipinski definition) is 1. The van der Waals surface area contributed by atoms with Crippen molar-refractivity contribution >= 4 is 34.1 Å². The summed E-state index contributed by atoms with van der Waals surface area (Å²) < 4.78 is 1.97. The third-order valence-corrected chi connectivity index (χ3v) is 3.09. The molecule has 1 heterocycles. The molecule has 0 radical (unpaired) electrons. The lowest BCUT2D eigenvalue weighted by Gasteiger charge is -2.07. The highest BCUT2D eigenvalue weighted by molar-refractivity contribution is 6.36. The first-order valence-electron chi connectivity index (χ1n) is 4.88. The molecule has 0 aliphatic heterocycles. The van der Waals surface area contributed by atoms with E-state index in [1.54, 1.807) is 0 Å². The molecule has 0 atom stereocenters. The molecule has 1 aromatic carbocycles. The van der Waals surface area contributed by atoms with Gasteiger partial charge in [-0.05, 0) is 11.5 Å². The molecule has 2 rings (SSSR count). The Labute approximate surface area is 104 Å². The first kappa shape index (κ1) is 11.5. The van der Waals surface area contributed by atoms with Crippen molar-refractivity contribution < 1.29 is 5.11 Å². The van der Waals surface area contributed by atoms with Gasteiger partial charge in [0, 0.05) is 22.3 Å². The zero-order valence-corrected chi connectivity index (χ0v) is 10.0. The number of aromatic nitrogens is 1. The Hall–Kier alpha value is -0.960. The normalized spacial score (nSPS) is 12.3. The van der Waals surface area contributed by atoms with Crippen LogP contribution in [0, 0.1) is 0 Å². The Balaban J connectivity index is 2.54. The van der Waals surface area contributed by atoms with Gasteiger partial charge in [-0.1, -0.05) is 41.4 Å². The smallest absolute Gasteiger partial charge is 0.0702 e. The molecule has 84 valence electrons. The Kier molecular flexibility index (Phi) is 3.54. The van der Waals surface area contributed by atoms with Crippen LogP contribution in [-0.4, -0.2) is 9.67 Å². The van der Waals surface area contributed by atoms with Crippen LogP contribution in [0.15, 0.2) is 41.0 Å². The SMILES string of the molecule is OCc1cccc2ccn(C/C(Cl)=C/Cl)c12. The average Bonchev–Trinajstić information content (AvgIpc) is 2.72. The Morgan fingerprint density at radius 3 is 2.88 bits per heavy atom. The average molecular weight is 256 g/mol. The van der Waals surface area contributed by atoms with Crippen LogP contribution in [0.2, 0.25) is 0 Å². The monoisotopic (exact) mass is 255 g/mol. The van der Waals surface area contributed by atoms with Gasteiger partial charge in [0.1, 0.15) is 0 Å². The standard InChI is InChI=1S/C12H11Cl2NO/c13-6-11(14)7-15-5-4-9-2-1-3-10(8-16)12(9)15/h1-6,16H,7-8H2/b11-6-. The van der Waals surface area contributed by atoms with E-state index in [1.807, 2.05) is 35.0 Å². The topological polar surface area (TPSA) is 25.2 Å². The fourth-order valence-electron chi connectivity index (χ4n) is 1.80. The van der Waals surface area contributed by atoms with Crippen molar-refractivity contribution in [3.8, 4) is 0 Å². The predicted molar refractivity (Wildman–Crippen MR) is 67.6 cm³/mol. The largest absolute Gasteiger partial charge is 0.392 e. The van der Waals surface area contributed by atoms with Crippen LogP contribution in [0.25, 0.3) is 10.9 Å². The molecule has 1 aromatic heterocycles. The summed E-state index contributed by atoms with van der Waals surface area (Å²) in [6.07, 6.45) is 1.94. The third-order valence-electron chi connectivity index (χ3n) is 2.48. The number of fused-ring (bicyclic) bond motifs is 1. The van der Waals surface area contributed by atoms with Gasteiger partial charge >= 0.3 is 0 Å². The van der Waals surface area contributed by atoms with E-state index in [4.69, 9.17) is 23.2 Å². The first-order chi connectivity index (χ1) is 7.76. The highest BCUT2D eigenvalue weighted by Gasteiger charge is 2.06. The molecule has 16 heavy (non-hydrogen) atoms. The maximum atomic E-state index is 9.28. The van der Waals surface area contributed by atoms with Crippen LogP contribution in [0.4, 0.5) is 0 Å². The number of rotatable bonds is 3. The summed E-state index contributed by atoms with van der Waals surface area (Å²) in [5, 5.41) is 10.9. The van der Waals surface area contributed by atoms with E-state index < -0.39 is 0 Å². The summed E-state index contributed by atoms with van der Waals surface area (Å²) in [7, 11) is 0. The van der Waals surface area contributed by atoms with Gasteiger partial charge in [0.2, 0.25) is 0 Å². The molecule has 0 saturated carbocycles. The lowest BCUT2D eigenvalue weighted by atomic mass is 10.1. The van der Waals surface area contributed by atoms with E-state index >= 15 is 0 Å². The zero-order valence-electron chi connectivity index (χ0n) is 8.53. The van der Waals surface area contributed by atoms with E-state index in [2.05, 4.69) is 0 Å². The van der Waals surface area contributed by atoms with Crippen molar-refractivity contribution in [2.24, 2.45) is 0 Å². The van der Waals surface area contributed by atoms with Gasteiger partial charge in [0.25, 0.3) is 0 Å². The van der Waals surface area contributed by atoms with Crippen LogP contribution < -0.4 is 0 Å². The minimum atomic E-state index is 0.0174. The van der Waals surface area contributed by atoms with Gasteiger partial charge in [-0.25, -0.2) is 0 Å². The molecule has 1 N–H and O–H groups in total. The molecule has 4 heteroatoms. The Bertz CT molecular complexity index is 531. The van der Waals surface area contributed by atoms with Crippen LogP contribution >= 0.6 is 23.2 Å². The van der Waals surface area contributed by atoms with E-state index in [9.17, 15) is 5.11 Å². The van der Waals surface area contributed by atoms with Gasteiger partial charge in [-0.3, -0.25) is 0 Å². The van der Waals surface area contributed by atoms with Gasteiger partial charge in [-0.2, -0.15) is 0 Å². The number of para-hydroxylation sites is 1. The Morgan fingerprint density at radius 2 is 2.19 bits per heavy atom. The predicted octanol–water partition coefficient (Wildman–Crippen LogP) is 3.45. The molecule has 2 nitrogen and oxygen atoms in total. The van der Waals surface area contributed by atoms with Gasteiger partial charge < -0.3 is 9.67 Å². The van der Waals surface area contributed by atoms with E-state index in [0.29, 0.717) is 11.6 Å². The van der Waals surface area contributed by atoms with Crippen molar-refractivity contribution in [1.82, 2.24) is 4.57 Å². The summed E-state index contributed by atoms with van der Waals surface area (Å²) in [5.41, 5.74) is 3.25. The molecule has 0 fully saturated rings. The second-order valence-corrected chi connectivity index (χ2v) is 4.22. The summed E-state index contributed by atoms with van der Waals surface area (Å²) in [6.45, 7) is 0.537. The summed E-state index contributed by atoms with van der Waals surface area (Å²) in [6, 6.07) is 7.82. The van der Waals surface area contributed by atoms with Crippen LogP contribution in [0.1, 0.15) is 5.56 Å². The molecular formula is C12H11Cl2NO. The number of allylic oxidation sites excluding steroid dienone is 1. The second-order valence-electron chi connectivity index (χ2n) is 3.51. The minimum Gasteiger partial charge on any atom is -0.392 e. The number of hydrogen-bond donors (Lipinski definition) is 1. The number of aliphatic hydroxyl groups is 1. The summed E-state index contributed by atoms with van der Waals surface area (Å²) in [5.74, 6) is 0. The quantitative estimate of drug-likeness (QED) is 0.893. The lowest BCUT2D eigenvalue weighted by Crippen LogP contribution is -1.98. The highest BCUT2D eigenvalue weighted by Crippen LogP contribution is 2.22. The van der Waals surface area contributed by atoms with E-state index in [1.165, 1.54) is 5.54 Å². The van der Waals surface area contributed by atoms with Gasteiger partial charge in [0.15, 0.2) is 0 Å². The summed E-state index contributed by atoms with van der Waals surface area (Å²) in [4.78, 5) is 0. The molecule has 0 spiro atoms. The van der Waals surface area contributed by atoms with Crippen LogP contribution in [0.3, 0.4) is 0 Å². The van der Waals surface area contributed by atoms with Gasteiger partial charge in [0.05, 0.1) is 18.7 Å². The lowest BCUT2D eigenvalue weighted by molar-refractivity contribution is 0.283. The van der Waals surface area contributed by atoms with Crippen molar-refractivity contribution in [3.05, 3.63) is 46.6 Å². The molecule has 2 aromatic rings. The maximum absolute atomic E-state index is 9.28. The van der Waals surface area contributed by atoms with E-state index in [-0.39, 0.29) is 6.61 Å². The summed E-state index contributed by atoms with van der Waals surface area (Å²) >= 11 is 11.4. The minimum absolute atomic E-state index is 0.0174. The first-order valence-corrected chi connectivity index (χ1v) is 5.70. The number of aliphatic hydroxyl groups excluding tert-OH is 1. The van der Waals surface area contributed by atoms with Crippen LogP contribution in [0.5, 0.6) is 0 Å². The Morgan fingerprint density at radius 1 is 1.38 bits per heavy atom. The van der Waals surface area contributed by atoms with Crippen molar-refractivity contribution in [2.45, 2.75) is 13.2 Å². The molecule has 0 unspecified atom stereocenters. The third kappa shape index (κ3) is 2.09. The molecule has 0 aliphatic carbocycles. The zero-order chi connectivity index (χ0) is 11.5. The molecular weight excluding hydrogens is 245 g/mol. The number of halogens is 2. The second kappa shape index (κ2) is 4.91. The van der Waals surface area contributed by atoms with Crippen molar-refractivity contribution in [1.29, 1.82) is 0 Å². The number of nitrogens with zero attached hydrogens (tertiary/aromatic N) is 1. The maximum Gasteiger partial charge on any atom is 0.0702 e. The molecule has 0 saturated heterocycles.